The molecule has 2 aromatic carbocycles. The van der Waals surface area contributed by atoms with E-state index in [0.29, 0.717) is 12.4 Å². The Morgan fingerprint density at radius 3 is 2.17 bits per heavy atom. The number of carbonyl (C=O) groups is 1. The molecule has 29 heavy (non-hydrogen) atoms. The molecule has 0 radical (unpaired) electrons. The molecule has 1 unspecified atom stereocenters. The summed E-state index contributed by atoms with van der Waals surface area (Å²) in [5.74, 6) is 0.125. The van der Waals surface area contributed by atoms with Crippen LogP contribution in [0, 0.1) is 5.92 Å². The van der Waals surface area contributed by atoms with Gasteiger partial charge in [-0.05, 0) is 30.5 Å². The van der Waals surface area contributed by atoms with Crippen LogP contribution in [0.3, 0.4) is 0 Å². The number of benzene rings is 2. The maximum Gasteiger partial charge on any atom is 0.410 e. The SMILES string of the molecule is CCC(CC)COC(=O)[C@](C)(Cc1ccccc1)NP(=O)(Cl)Oc1ccccc1. The van der Waals surface area contributed by atoms with E-state index in [1.807, 2.05) is 36.4 Å². The molecule has 0 aromatic heterocycles. The monoisotopic (exact) mass is 437 g/mol. The Balaban J connectivity index is 2.21. The van der Waals surface area contributed by atoms with Crippen molar-refractivity contribution in [2.75, 3.05) is 6.61 Å². The number of hydrogen-bond donors (Lipinski definition) is 1. The van der Waals surface area contributed by atoms with Crippen molar-refractivity contribution >= 4 is 24.1 Å². The second-order valence-corrected chi connectivity index (χ2v) is 9.97. The van der Waals surface area contributed by atoms with Gasteiger partial charge < -0.3 is 9.26 Å². The van der Waals surface area contributed by atoms with Crippen molar-refractivity contribution in [2.45, 2.75) is 45.6 Å². The van der Waals surface area contributed by atoms with E-state index in [4.69, 9.17) is 20.5 Å². The molecule has 0 saturated heterocycles. The Hall–Kier alpha value is -1.81. The molecule has 0 bridgehead atoms. The van der Waals surface area contributed by atoms with Crippen LogP contribution in [0.4, 0.5) is 0 Å². The van der Waals surface area contributed by atoms with Crippen LogP contribution >= 0.6 is 18.1 Å². The Morgan fingerprint density at radius 1 is 1.07 bits per heavy atom. The van der Waals surface area contributed by atoms with Gasteiger partial charge in [0.15, 0.2) is 0 Å². The van der Waals surface area contributed by atoms with Crippen LogP contribution in [0.2, 0.25) is 0 Å². The van der Waals surface area contributed by atoms with Gasteiger partial charge in [0.2, 0.25) is 0 Å². The van der Waals surface area contributed by atoms with Gasteiger partial charge in [-0.1, -0.05) is 75.2 Å². The van der Waals surface area contributed by atoms with Crippen LogP contribution in [0.1, 0.15) is 39.2 Å². The summed E-state index contributed by atoms with van der Waals surface area (Å²) in [7, 11) is 0. The van der Waals surface area contributed by atoms with Crippen molar-refractivity contribution in [1.29, 1.82) is 0 Å². The first-order valence-electron chi connectivity index (χ1n) is 9.83. The molecule has 2 atom stereocenters. The molecule has 2 aromatic rings. The van der Waals surface area contributed by atoms with E-state index >= 15 is 0 Å². The number of esters is 1. The predicted molar refractivity (Wildman–Crippen MR) is 117 cm³/mol. The number of hydrogen-bond acceptors (Lipinski definition) is 4. The Morgan fingerprint density at radius 2 is 1.62 bits per heavy atom. The lowest BCUT2D eigenvalue weighted by molar-refractivity contribution is -0.151. The maximum absolute atomic E-state index is 13.0. The number of rotatable bonds is 11. The highest BCUT2D eigenvalue weighted by molar-refractivity contribution is 7.84. The van der Waals surface area contributed by atoms with Crippen molar-refractivity contribution < 1.29 is 18.6 Å². The average Bonchev–Trinajstić information content (AvgIpc) is 2.69. The first-order valence-corrected chi connectivity index (χ1v) is 12.4. The molecule has 5 nitrogen and oxygen atoms in total. The zero-order chi connectivity index (χ0) is 21.3. The van der Waals surface area contributed by atoms with E-state index in [2.05, 4.69) is 18.9 Å². The number of para-hydroxylation sites is 1. The summed E-state index contributed by atoms with van der Waals surface area (Å²) in [5, 5.41) is 2.75. The van der Waals surface area contributed by atoms with Crippen molar-refractivity contribution in [3.05, 3.63) is 66.2 Å². The van der Waals surface area contributed by atoms with Crippen molar-refractivity contribution in [1.82, 2.24) is 5.09 Å². The minimum absolute atomic E-state index is 0.254. The molecular formula is C22H29ClNO4P. The van der Waals surface area contributed by atoms with Gasteiger partial charge in [-0.2, -0.15) is 0 Å². The normalized spacial score (nSPS) is 15.3. The van der Waals surface area contributed by atoms with Crippen LogP contribution in [0.25, 0.3) is 0 Å². The van der Waals surface area contributed by atoms with Crippen molar-refractivity contribution in [3.63, 3.8) is 0 Å². The average molecular weight is 438 g/mol. The third kappa shape index (κ3) is 7.50. The van der Waals surface area contributed by atoms with E-state index in [1.165, 1.54) is 0 Å². The number of ether oxygens (including phenoxy) is 1. The van der Waals surface area contributed by atoms with Crippen LogP contribution < -0.4 is 9.61 Å². The van der Waals surface area contributed by atoms with Crippen molar-refractivity contribution in [2.24, 2.45) is 5.92 Å². The molecule has 158 valence electrons. The maximum atomic E-state index is 13.0. The highest BCUT2D eigenvalue weighted by Crippen LogP contribution is 2.50. The molecule has 2 rings (SSSR count). The highest BCUT2D eigenvalue weighted by atomic mass is 35.7. The minimum Gasteiger partial charge on any atom is -0.464 e. The minimum atomic E-state index is -3.87. The molecule has 0 heterocycles. The van der Waals surface area contributed by atoms with Gasteiger partial charge in [0.1, 0.15) is 11.3 Å². The summed E-state index contributed by atoms with van der Waals surface area (Å²) in [6.45, 7) is 2.20. The van der Waals surface area contributed by atoms with Gasteiger partial charge in [-0.3, -0.25) is 4.79 Å². The van der Waals surface area contributed by atoms with Crippen LogP contribution in [-0.4, -0.2) is 18.1 Å². The zero-order valence-corrected chi connectivity index (χ0v) is 18.8. The topological polar surface area (TPSA) is 64.6 Å². The zero-order valence-electron chi connectivity index (χ0n) is 17.1. The molecule has 0 saturated carbocycles. The van der Waals surface area contributed by atoms with E-state index in [9.17, 15) is 9.36 Å². The number of halogens is 1. The van der Waals surface area contributed by atoms with E-state index in [-0.39, 0.29) is 12.3 Å². The lowest BCUT2D eigenvalue weighted by atomic mass is 9.94. The van der Waals surface area contributed by atoms with Crippen molar-refractivity contribution in [3.8, 4) is 5.75 Å². The third-order valence-electron chi connectivity index (χ3n) is 4.80. The van der Waals surface area contributed by atoms with Gasteiger partial charge in [0.05, 0.1) is 6.61 Å². The van der Waals surface area contributed by atoms with Gasteiger partial charge >= 0.3 is 12.8 Å². The standard InChI is InChI=1S/C22H29ClNO4P/c1-4-18(5-2)17-27-21(25)22(3,16-19-12-8-6-9-13-19)24-29(23,26)28-20-14-10-7-11-15-20/h6-15,18H,4-5,16-17H2,1-3H3,(H,24,26)/t22-,29?/m0/s1. The van der Waals surface area contributed by atoms with Crippen LogP contribution in [0.5, 0.6) is 5.75 Å². The molecule has 0 amide bonds. The largest absolute Gasteiger partial charge is 0.464 e. The van der Waals surface area contributed by atoms with E-state index in [0.717, 1.165) is 18.4 Å². The lowest BCUT2D eigenvalue weighted by Crippen LogP contribution is -2.51. The fourth-order valence-corrected chi connectivity index (χ4v) is 4.97. The predicted octanol–water partition coefficient (Wildman–Crippen LogP) is 5.98. The molecule has 0 aliphatic rings. The third-order valence-corrected chi connectivity index (χ3v) is 6.47. The molecule has 1 N–H and O–H groups in total. The lowest BCUT2D eigenvalue weighted by Gasteiger charge is -2.31. The first-order chi connectivity index (χ1) is 13.8. The molecule has 0 spiro atoms. The van der Waals surface area contributed by atoms with E-state index in [1.54, 1.807) is 31.2 Å². The molecular weight excluding hydrogens is 409 g/mol. The fourth-order valence-electron chi connectivity index (χ4n) is 2.97. The summed E-state index contributed by atoms with van der Waals surface area (Å²) in [5.41, 5.74) is -0.433. The molecule has 0 aliphatic carbocycles. The van der Waals surface area contributed by atoms with E-state index < -0.39 is 18.4 Å². The van der Waals surface area contributed by atoms with Gasteiger partial charge in [-0.15, -0.1) is 0 Å². The quantitative estimate of drug-likeness (QED) is 0.346. The highest BCUT2D eigenvalue weighted by Gasteiger charge is 2.42. The first kappa shape index (κ1) is 23.5. The number of nitrogens with one attached hydrogen (secondary N) is 1. The smallest absolute Gasteiger partial charge is 0.410 e. The number of carbonyl (C=O) groups excluding carboxylic acids is 1. The second kappa shape index (κ2) is 10.8. The summed E-state index contributed by atoms with van der Waals surface area (Å²) < 4.78 is 24.0. The fraction of sp³-hybridized carbons (Fsp3) is 0.409. The summed E-state index contributed by atoms with van der Waals surface area (Å²) in [6, 6.07) is 18.1. The second-order valence-electron chi connectivity index (χ2n) is 7.27. The Bertz CT molecular complexity index is 814. The Labute approximate surface area is 178 Å². The molecule has 7 heteroatoms. The molecule has 0 fully saturated rings. The van der Waals surface area contributed by atoms with Crippen LogP contribution in [-0.2, 0) is 20.5 Å². The van der Waals surface area contributed by atoms with Gasteiger partial charge in [0, 0.05) is 17.7 Å². The van der Waals surface area contributed by atoms with Gasteiger partial charge in [0.25, 0.3) is 0 Å². The Kier molecular flexibility index (Phi) is 8.76. The summed E-state index contributed by atoms with van der Waals surface area (Å²) in [4.78, 5) is 13.0. The summed E-state index contributed by atoms with van der Waals surface area (Å²) in [6.07, 6.45) is 2.08. The van der Waals surface area contributed by atoms with Crippen LogP contribution in [0.15, 0.2) is 60.7 Å². The molecule has 0 aliphatic heterocycles. The summed E-state index contributed by atoms with van der Waals surface area (Å²) >= 11 is 6.20. The van der Waals surface area contributed by atoms with Gasteiger partial charge in [-0.25, -0.2) is 9.65 Å².